The van der Waals surface area contributed by atoms with Gasteiger partial charge >= 0.3 is 6.18 Å². The van der Waals surface area contributed by atoms with Crippen LogP contribution in [0.1, 0.15) is 15.9 Å². The van der Waals surface area contributed by atoms with Gasteiger partial charge in [0.15, 0.2) is 0 Å². The van der Waals surface area contributed by atoms with Gasteiger partial charge in [-0.3, -0.25) is 4.79 Å². The maximum atomic E-state index is 13.7. The molecule has 0 aromatic heterocycles. The van der Waals surface area contributed by atoms with Crippen molar-refractivity contribution in [1.82, 2.24) is 5.32 Å². The van der Waals surface area contributed by atoms with E-state index in [4.69, 9.17) is 5.14 Å². The predicted molar refractivity (Wildman–Crippen MR) is 60.9 cm³/mol. The van der Waals surface area contributed by atoms with Crippen LogP contribution in [0.15, 0.2) is 17.0 Å². The lowest BCUT2D eigenvalue weighted by Crippen LogP contribution is -2.34. The summed E-state index contributed by atoms with van der Waals surface area (Å²) in [5, 5.41) is 6.27. The van der Waals surface area contributed by atoms with E-state index in [0.717, 1.165) is 13.0 Å². The lowest BCUT2D eigenvalue weighted by Gasteiger charge is -2.11. The van der Waals surface area contributed by atoms with E-state index in [9.17, 15) is 30.8 Å². The fraction of sp³-hybridized carbons (Fsp3) is 0.300. The third-order valence-electron chi connectivity index (χ3n) is 2.25. The second-order valence-corrected chi connectivity index (χ2v) is 5.51. The first-order valence-corrected chi connectivity index (χ1v) is 6.64. The summed E-state index contributed by atoms with van der Waals surface area (Å²) >= 11 is 0. The fourth-order valence-corrected chi connectivity index (χ4v) is 1.96. The van der Waals surface area contributed by atoms with Gasteiger partial charge in [0.1, 0.15) is 12.4 Å². The van der Waals surface area contributed by atoms with E-state index >= 15 is 0 Å². The quantitative estimate of drug-likeness (QED) is 0.818. The predicted octanol–water partition coefficient (Wildman–Crippen LogP) is 1.07. The second-order valence-electron chi connectivity index (χ2n) is 3.94. The maximum absolute atomic E-state index is 13.7. The Morgan fingerprint density at radius 3 is 2.35 bits per heavy atom. The van der Waals surface area contributed by atoms with Crippen molar-refractivity contribution < 1.29 is 30.8 Å². The number of nitrogens with two attached hydrogens (primary N) is 1. The van der Waals surface area contributed by atoms with Crippen LogP contribution >= 0.6 is 0 Å². The smallest absolute Gasteiger partial charge is 0.343 e. The molecule has 10 heteroatoms. The molecule has 1 rings (SSSR count). The van der Waals surface area contributed by atoms with Crippen LogP contribution in [-0.4, -0.2) is 27.0 Å². The van der Waals surface area contributed by atoms with Gasteiger partial charge in [0.05, 0.1) is 10.5 Å². The topological polar surface area (TPSA) is 89.3 Å². The van der Waals surface area contributed by atoms with Crippen LogP contribution < -0.4 is 10.5 Å². The highest BCUT2D eigenvalue weighted by Crippen LogP contribution is 2.19. The van der Waals surface area contributed by atoms with Gasteiger partial charge in [-0.2, -0.15) is 13.2 Å². The molecule has 1 aromatic rings. The summed E-state index contributed by atoms with van der Waals surface area (Å²) in [7, 11) is -4.21. The van der Waals surface area contributed by atoms with E-state index in [2.05, 4.69) is 0 Å². The number of hydrogen-bond donors (Lipinski definition) is 2. The molecule has 1 amide bonds. The third-order valence-corrected chi connectivity index (χ3v) is 3.14. The molecule has 0 atom stereocenters. The molecule has 0 aliphatic rings. The molecule has 0 fully saturated rings. The molecule has 0 aliphatic heterocycles. The number of hydrogen-bond acceptors (Lipinski definition) is 3. The summed E-state index contributed by atoms with van der Waals surface area (Å²) in [5.74, 6) is -2.49. The molecule has 0 bridgehead atoms. The largest absolute Gasteiger partial charge is 0.405 e. The number of amides is 1. The van der Waals surface area contributed by atoms with Crippen LogP contribution in [0.4, 0.5) is 17.6 Å². The molecule has 5 nitrogen and oxygen atoms in total. The number of carbonyl (C=O) groups excluding carboxylic acids is 1. The number of sulfonamides is 1. The maximum Gasteiger partial charge on any atom is 0.405 e. The minimum Gasteiger partial charge on any atom is -0.343 e. The molecule has 1 aromatic carbocycles. The zero-order chi connectivity index (χ0) is 15.7. The monoisotopic (exact) mass is 314 g/mol. The molecule has 0 heterocycles. The Labute approximate surface area is 111 Å². The van der Waals surface area contributed by atoms with Crippen LogP contribution in [0, 0.1) is 12.7 Å². The summed E-state index contributed by atoms with van der Waals surface area (Å²) in [5.41, 5.74) is -1.05. The number of primary sulfonamides is 1. The van der Waals surface area contributed by atoms with Crippen LogP contribution in [-0.2, 0) is 10.0 Å². The van der Waals surface area contributed by atoms with Gasteiger partial charge < -0.3 is 5.32 Å². The number of rotatable bonds is 3. The fourth-order valence-electron chi connectivity index (χ4n) is 1.34. The van der Waals surface area contributed by atoms with Gasteiger partial charge in [-0.1, -0.05) is 0 Å². The number of alkyl halides is 3. The van der Waals surface area contributed by atoms with Gasteiger partial charge in [0.25, 0.3) is 5.91 Å². The molecule has 0 spiro atoms. The summed E-state index contributed by atoms with van der Waals surface area (Å²) in [6.45, 7) is -0.505. The standard InChI is InChI=1S/C10H10F4N2O3S/c1-5-2-6(20(15,18)19)3-7(8(5)11)9(17)16-4-10(12,13)14/h2-3H,4H2,1H3,(H,16,17)(H2,15,18,19). The van der Waals surface area contributed by atoms with Crippen LogP contribution in [0.2, 0.25) is 0 Å². The van der Waals surface area contributed by atoms with Gasteiger partial charge in [-0.15, -0.1) is 0 Å². The summed E-state index contributed by atoms with van der Waals surface area (Å²) < 4.78 is 71.8. The zero-order valence-corrected chi connectivity index (χ0v) is 10.9. The van der Waals surface area contributed by atoms with Crippen LogP contribution in [0.5, 0.6) is 0 Å². The molecule has 0 unspecified atom stereocenters. The van der Waals surface area contributed by atoms with Crippen molar-refractivity contribution in [2.45, 2.75) is 18.0 Å². The van der Waals surface area contributed by atoms with Crippen molar-refractivity contribution >= 4 is 15.9 Å². The molecular formula is C10H10F4N2O3S. The third kappa shape index (κ3) is 4.17. The van der Waals surface area contributed by atoms with E-state index in [1.807, 2.05) is 0 Å². The van der Waals surface area contributed by atoms with E-state index < -0.39 is 44.9 Å². The molecule has 0 aliphatic carbocycles. The summed E-state index contributed by atoms with van der Waals surface area (Å²) in [6, 6.07) is 1.47. The highest BCUT2D eigenvalue weighted by molar-refractivity contribution is 7.89. The molecule has 0 saturated heterocycles. The number of aryl methyl sites for hydroxylation is 1. The molecule has 0 saturated carbocycles. The van der Waals surface area contributed by atoms with Gasteiger partial charge in [0.2, 0.25) is 10.0 Å². The van der Waals surface area contributed by atoms with Crippen molar-refractivity contribution in [2.75, 3.05) is 6.54 Å². The minimum absolute atomic E-state index is 0.228. The van der Waals surface area contributed by atoms with E-state index in [1.54, 1.807) is 0 Å². The highest BCUT2D eigenvalue weighted by atomic mass is 32.2. The number of nitrogens with one attached hydrogen (secondary N) is 1. The summed E-state index contributed by atoms with van der Waals surface area (Å²) in [4.78, 5) is 10.9. The van der Waals surface area contributed by atoms with Crippen molar-refractivity contribution in [3.63, 3.8) is 0 Å². The zero-order valence-electron chi connectivity index (χ0n) is 10.1. The lowest BCUT2D eigenvalue weighted by molar-refractivity contribution is -0.123. The number of carbonyl (C=O) groups is 1. The van der Waals surface area contributed by atoms with Gasteiger partial charge in [0, 0.05) is 0 Å². The average Bonchev–Trinajstić information content (AvgIpc) is 2.27. The van der Waals surface area contributed by atoms with Crippen LogP contribution in [0.25, 0.3) is 0 Å². The number of halogens is 4. The molecular weight excluding hydrogens is 304 g/mol. The van der Waals surface area contributed by atoms with Crippen LogP contribution in [0.3, 0.4) is 0 Å². The van der Waals surface area contributed by atoms with Crippen molar-refractivity contribution in [3.8, 4) is 0 Å². The second kappa shape index (κ2) is 5.37. The van der Waals surface area contributed by atoms with Gasteiger partial charge in [-0.05, 0) is 24.6 Å². The molecule has 20 heavy (non-hydrogen) atoms. The van der Waals surface area contributed by atoms with E-state index in [1.165, 1.54) is 5.32 Å². The Kier molecular flexibility index (Phi) is 4.39. The molecule has 112 valence electrons. The Morgan fingerprint density at radius 1 is 1.35 bits per heavy atom. The lowest BCUT2D eigenvalue weighted by atomic mass is 10.1. The van der Waals surface area contributed by atoms with Crippen molar-refractivity contribution in [3.05, 3.63) is 29.1 Å². The molecule has 0 radical (unpaired) electrons. The Hall–Kier alpha value is -1.68. The SMILES string of the molecule is Cc1cc(S(N)(=O)=O)cc(C(=O)NCC(F)(F)F)c1F. The first kappa shape index (κ1) is 16.4. The molecule has 3 N–H and O–H groups in total. The number of benzene rings is 1. The average molecular weight is 314 g/mol. The minimum atomic E-state index is -4.67. The first-order chi connectivity index (χ1) is 8.92. The van der Waals surface area contributed by atoms with E-state index in [-0.39, 0.29) is 5.56 Å². The Bertz CT molecular complexity index is 641. The Balaban J connectivity index is 3.18. The first-order valence-electron chi connectivity index (χ1n) is 5.10. The van der Waals surface area contributed by atoms with Gasteiger partial charge in [-0.25, -0.2) is 17.9 Å². The highest BCUT2D eigenvalue weighted by Gasteiger charge is 2.29. The van der Waals surface area contributed by atoms with E-state index in [0.29, 0.717) is 6.07 Å². The van der Waals surface area contributed by atoms with Crippen molar-refractivity contribution in [2.24, 2.45) is 5.14 Å². The normalized spacial score (nSPS) is 12.3. The van der Waals surface area contributed by atoms with Crippen molar-refractivity contribution in [1.29, 1.82) is 0 Å². The Morgan fingerprint density at radius 2 is 1.90 bits per heavy atom. The summed E-state index contributed by atoms with van der Waals surface area (Å²) in [6.07, 6.45) is -4.67.